The molecule has 43 heavy (non-hydrogen) atoms. The van der Waals surface area contributed by atoms with Crippen molar-refractivity contribution in [1.29, 1.82) is 0 Å². The molecule has 4 aromatic rings. The van der Waals surface area contributed by atoms with Crippen LogP contribution < -0.4 is 15.4 Å². The number of methoxy groups -OCH3 is 1. The lowest BCUT2D eigenvalue weighted by atomic mass is 9.84. The molecule has 5 rings (SSSR count). The quantitative estimate of drug-likeness (QED) is 0.221. The van der Waals surface area contributed by atoms with Gasteiger partial charge in [0.25, 0.3) is 0 Å². The van der Waals surface area contributed by atoms with Crippen LogP contribution in [-0.4, -0.2) is 72.2 Å². The molecule has 1 aliphatic heterocycles. The number of aromatic nitrogens is 1. The number of nitrogens with one attached hydrogen (secondary N) is 3. The Kier molecular flexibility index (Phi) is 9.03. The van der Waals surface area contributed by atoms with Crippen LogP contribution in [0.1, 0.15) is 42.4 Å². The maximum Gasteiger partial charge on any atom is 0.318 e. The average molecular weight is 584 g/mol. The van der Waals surface area contributed by atoms with Crippen molar-refractivity contribution in [3.05, 3.63) is 95.7 Å². The molecule has 3 amide bonds. The Morgan fingerprint density at radius 1 is 1.05 bits per heavy atom. The number of likely N-dealkylation sites (tertiary alicyclic amines) is 1. The standard InChI is InChI=1S/C34H41N5O4/c1-23(27-21-35-28-13-9-8-12-26(27)28)31(32(40)36-29-20-24(22-38(2)3)14-15-30(29)43-4)37-33(41)39-18-16-34(42,17-19-39)25-10-6-5-7-11-25/h5-15,20-21,23,31,35,42H,16-19,22H2,1-4H3,(H,36,40)(H,37,41). The highest BCUT2D eigenvalue weighted by atomic mass is 16.5. The van der Waals surface area contributed by atoms with Crippen LogP contribution in [0.15, 0.2) is 79.0 Å². The Bertz CT molecular complexity index is 1560. The van der Waals surface area contributed by atoms with E-state index >= 15 is 0 Å². The number of urea groups is 1. The van der Waals surface area contributed by atoms with E-state index in [1.807, 2.05) is 105 Å². The highest BCUT2D eigenvalue weighted by molar-refractivity contribution is 5.99. The molecule has 9 heteroatoms. The predicted octanol–water partition coefficient (Wildman–Crippen LogP) is 5.04. The number of benzene rings is 3. The van der Waals surface area contributed by atoms with Crippen molar-refractivity contribution < 1.29 is 19.4 Å². The Hall–Kier alpha value is -4.34. The van der Waals surface area contributed by atoms with Gasteiger partial charge in [-0.05, 0) is 61.8 Å². The number of hydrogen-bond acceptors (Lipinski definition) is 5. The number of ether oxygens (including phenoxy) is 1. The van der Waals surface area contributed by atoms with Crippen molar-refractivity contribution in [3.8, 4) is 5.75 Å². The maximum absolute atomic E-state index is 14.0. The minimum absolute atomic E-state index is 0.338. The van der Waals surface area contributed by atoms with Crippen LogP contribution in [0.25, 0.3) is 10.9 Å². The van der Waals surface area contributed by atoms with Gasteiger partial charge in [-0.3, -0.25) is 4.79 Å². The number of carbonyl (C=O) groups is 2. The first-order chi connectivity index (χ1) is 20.7. The van der Waals surface area contributed by atoms with Gasteiger partial charge in [0.1, 0.15) is 11.8 Å². The molecule has 0 saturated carbocycles. The molecule has 226 valence electrons. The predicted molar refractivity (Wildman–Crippen MR) is 169 cm³/mol. The fraction of sp³-hybridized carbons (Fsp3) is 0.353. The lowest BCUT2D eigenvalue weighted by Gasteiger charge is -2.39. The maximum atomic E-state index is 14.0. The topological polar surface area (TPSA) is 110 Å². The molecule has 4 N–H and O–H groups in total. The molecule has 3 aromatic carbocycles. The fourth-order valence-electron chi connectivity index (χ4n) is 5.94. The third-order valence-corrected chi connectivity index (χ3v) is 8.38. The zero-order chi connectivity index (χ0) is 30.6. The normalized spacial score (nSPS) is 16.1. The van der Waals surface area contributed by atoms with Gasteiger partial charge in [0.05, 0.1) is 18.4 Å². The van der Waals surface area contributed by atoms with Crippen LogP contribution >= 0.6 is 0 Å². The summed E-state index contributed by atoms with van der Waals surface area (Å²) in [6.07, 6.45) is 2.73. The second kappa shape index (κ2) is 12.9. The molecule has 2 atom stereocenters. The molecule has 0 radical (unpaired) electrons. The van der Waals surface area contributed by atoms with E-state index in [2.05, 4.69) is 15.6 Å². The number of piperidine rings is 1. The number of para-hydroxylation sites is 1. The van der Waals surface area contributed by atoms with Crippen LogP contribution in [-0.2, 0) is 16.9 Å². The van der Waals surface area contributed by atoms with E-state index in [1.54, 1.807) is 12.0 Å². The highest BCUT2D eigenvalue weighted by Crippen LogP contribution is 2.34. The number of H-pyrrole nitrogens is 1. The van der Waals surface area contributed by atoms with Gasteiger partial charge in [-0.2, -0.15) is 0 Å². The molecular weight excluding hydrogens is 542 g/mol. The Labute approximate surface area is 252 Å². The van der Waals surface area contributed by atoms with Gasteiger partial charge in [-0.1, -0.05) is 61.5 Å². The summed E-state index contributed by atoms with van der Waals surface area (Å²) in [7, 11) is 5.54. The summed E-state index contributed by atoms with van der Waals surface area (Å²) in [5.41, 5.74) is 3.32. The van der Waals surface area contributed by atoms with E-state index in [0.29, 0.717) is 43.9 Å². The average Bonchev–Trinajstić information content (AvgIpc) is 3.44. The van der Waals surface area contributed by atoms with Crippen molar-refractivity contribution in [3.63, 3.8) is 0 Å². The van der Waals surface area contributed by atoms with Gasteiger partial charge in [-0.25, -0.2) is 4.79 Å². The number of amides is 3. The monoisotopic (exact) mass is 583 g/mol. The summed E-state index contributed by atoms with van der Waals surface area (Å²) in [4.78, 5) is 34.7. The molecule has 1 fully saturated rings. The van der Waals surface area contributed by atoms with Gasteiger partial charge in [0, 0.05) is 42.7 Å². The molecule has 1 saturated heterocycles. The first-order valence-corrected chi connectivity index (χ1v) is 14.7. The van der Waals surface area contributed by atoms with Crippen molar-refractivity contribution in [2.24, 2.45) is 0 Å². The largest absolute Gasteiger partial charge is 0.495 e. The lowest BCUT2D eigenvalue weighted by Crippen LogP contribution is -2.54. The number of carbonyl (C=O) groups excluding carboxylic acids is 2. The third kappa shape index (κ3) is 6.68. The van der Waals surface area contributed by atoms with E-state index in [0.717, 1.165) is 27.6 Å². The van der Waals surface area contributed by atoms with Gasteiger partial charge < -0.3 is 35.3 Å². The summed E-state index contributed by atoms with van der Waals surface area (Å²) in [5.74, 6) is -0.164. The first kappa shape index (κ1) is 30.1. The molecule has 9 nitrogen and oxygen atoms in total. The molecule has 1 aliphatic rings. The van der Waals surface area contributed by atoms with E-state index in [-0.39, 0.29) is 17.9 Å². The van der Waals surface area contributed by atoms with Crippen molar-refractivity contribution in [2.75, 3.05) is 39.6 Å². The van der Waals surface area contributed by atoms with Crippen LogP contribution in [0.2, 0.25) is 0 Å². The summed E-state index contributed by atoms with van der Waals surface area (Å²) >= 11 is 0. The number of anilines is 1. The van der Waals surface area contributed by atoms with Crippen LogP contribution in [0.3, 0.4) is 0 Å². The Balaban J connectivity index is 1.39. The first-order valence-electron chi connectivity index (χ1n) is 14.7. The molecule has 0 spiro atoms. The van der Waals surface area contributed by atoms with Crippen LogP contribution in [0.5, 0.6) is 5.75 Å². The summed E-state index contributed by atoms with van der Waals surface area (Å²) in [6.45, 7) is 3.38. The smallest absolute Gasteiger partial charge is 0.318 e. The molecule has 2 unspecified atom stereocenters. The highest BCUT2D eigenvalue weighted by Gasteiger charge is 2.37. The van der Waals surface area contributed by atoms with E-state index in [4.69, 9.17) is 4.74 Å². The SMILES string of the molecule is COc1ccc(CN(C)C)cc1NC(=O)C(NC(=O)N1CCC(O)(c2ccccc2)CC1)C(C)c1c[nH]c2ccccc12. The number of rotatable bonds is 9. The summed E-state index contributed by atoms with van der Waals surface area (Å²) < 4.78 is 5.56. The number of aromatic amines is 1. The van der Waals surface area contributed by atoms with E-state index in [1.165, 1.54) is 0 Å². The fourth-order valence-corrected chi connectivity index (χ4v) is 5.94. The number of nitrogens with zero attached hydrogens (tertiary/aromatic N) is 2. The number of aliphatic hydroxyl groups is 1. The number of hydrogen-bond donors (Lipinski definition) is 4. The van der Waals surface area contributed by atoms with Gasteiger partial charge in [0.15, 0.2) is 0 Å². The van der Waals surface area contributed by atoms with Gasteiger partial charge >= 0.3 is 6.03 Å². The minimum Gasteiger partial charge on any atom is -0.495 e. The van der Waals surface area contributed by atoms with Crippen molar-refractivity contribution in [1.82, 2.24) is 20.1 Å². The minimum atomic E-state index is -0.986. The summed E-state index contributed by atoms with van der Waals surface area (Å²) in [5, 5.41) is 18.4. The van der Waals surface area contributed by atoms with Gasteiger partial charge in [-0.15, -0.1) is 0 Å². The molecule has 0 bridgehead atoms. The van der Waals surface area contributed by atoms with Gasteiger partial charge in [0.2, 0.25) is 5.91 Å². The van der Waals surface area contributed by atoms with E-state index < -0.39 is 11.6 Å². The van der Waals surface area contributed by atoms with Crippen LogP contribution in [0, 0.1) is 0 Å². The van der Waals surface area contributed by atoms with E-state index in [9.17, 15) is 14.7 Å². The summed E-state index contributed by atoms with van der Waals surface area (Å²) in [6, 6.07) is 22.0. The third-order valence-electron chi connectivity index (χ3n) is 8.38. The second-order valence-corrected chi connectivity index (χ2v) is 11.7. The second-order valence-electron chi connectivity index (χ2n) is 11.7. The zero-order valence-electron chi connectivity index (χ0n) is 25.3. The van der Waals surface area contributed by atoms with Crippen LogP contribution in [0.4, 0.5) is 10.5 Å². The lowest BCUT2D eigenvalue weighted by molar-refractivity contribution is -0.118. The van der Waals surface area contributed by atoms with Crippen molar-refractivity contribution in [2.45, 2.75) is 43.9 Å². The Morgan fingerprint density at radius 2 is 1.74 bits per heavy atom. The molecule has 0 aliphatic carbocycles. The number of fused-ring (bicyclic) bond motifs is 1. The zero-order valence-corrected chi connectivity index (χ0v) is 25.3. The molecule has 1 aromatic heterocycles. The Morgan fingerprint density at radius 3 is 2.44 bits per heavy atom. The molecular formula is C34H41N5O4. The molecule has 2 heterocycles. The van der Waals surface area contributed by atoms with Crippen molar-refractivity contribution >= 4 is 28.5 Å².